The predicted molar refractivity (Wildman–Crippen MR) is 148 cm³/mol. The van der Waals surface area contributed by atoms with E-state index in [-0.39, 0.29) is 33.8 Å². The van der Waals surface area contributed by atoms with Crippen molar-refractivity contribution in [2.24, 2.45) is 0 Å². The Balaban J connectivity index is 1.18. The fourth-order valence-electron chi connectivity index (χ4n) is 4.12. The van der Waals surface area contributed by atoms with Crippen LogP contribution in [0.3, 0.4) is 0 Å². The van der Waals surface area contributed by atoms with Gasteiger partial charge >= 0.3 is 11.9 Å². The molecule has 5 rings (SSSR count). The lowest BCUT2D eigenvalue weighted by Crippen LogP contribution is -2.12. The standard InChI is InChI=1S/C32H28N2O8/c33-17-27-28(18-34)30(42-32(36)22-7-11-24(12-8-22)38-16-2-4-26-20-40-26)14-13-29(27)41-31(35)21-5-9-23(10-6-21)37-15-1-3-25-19-39-25/h5-14,25-26H,1-4,15-16,19-20H2. The second-order valence-electron chi connectivity index (χ2n) is 9.76. The first-order chi connectivity index (χ1) is 20.5. The van der Waals surface area contributed by atoms with Crippen LogP contribution in [0.15, 0.2) is 60.7 Å². The number of ether oxygens (including phenoxy) is 6. The van der Waals surface area contributed by atoms with Gasteiger partial charge in [-0.1, -0.05) is 0 Å². The predicted octanol–water partition coefficient (Wildman–Crippen LogP) is 4.98. The van der Waals surface area contributed by atoms with Crippen molar-refractivity contribution in [2.45, 2.75) is 37.9 Å². The van der Waals surface area contributed by atoms with Crippen molar-refractivity contribution in [3.05, 3.63) is 82.9 Å². The topological polar surface area (TPSA) is 144 Å². The van der Waals surface area contributed by atoms with E-state index in [1.807, 2.05) is 12.1 Å². The summed E-state index contributed by atoms with van der Waals surface area (Å²) in [6.45, 7) is 2.71. The number of esters is 2. The first-order valence-corrected chi connectivity index (χ1v) is 13.6. The lowest BCUT2D eigenvalue weighted by atomic mass is 10.1. The van der Waals surface area contributed by atoms with Gasteiger partial charge in [-0.15, -0.1) is 0 Å². The van der Waals surface area contributed by atoms with Crippen LogP contribution < -0.4 is 18.9 Å². The Morgan fingerprint density at radius 1 is 0.667 bits per heavy atom. The summed E-state index contributed by atoms with van der Waals surface area (Å²) in [5, 5.41) is 19.5. The second-order valence-corrected chi connectivity index (χ2v) is 9.76. The minimum absolute atomic E-state index is 0.128. The molecule has 2 atom stereocenters. The van der Waals surface area contributed by atoms with Gasteiger partial charge in [0.05, 0.1) is 49.8 Å². The van der Waals surface area contributed by atoms with Gasteiger partial charge in [-0.3, -0.25) is 0 Å². The van der Waals surface area contributed by atoms with Crippen LogP contribution in [0.4, 0.5) is 0 Å². The molecule has 10 heteroatoms. The van der Waals surface area contributed by atoms with Gasteiger partial charge in [0.1, 0.15) is 34.8 Å². The highest BCUT2D eigenvalue weighted by atomic mass is 16.6. The number of nitrogens with zero attached hydrogens (tertiary/aromatic N) is 2. The van der Waals surface area contributed by atoms with Crippen molar-refractivity contribution >= 4 is 11.9 Å². The second kappa shape index (κ2) is 13.6. The molecule has 42 heavy (non-hydrogen) atoms. The molecule has 2 aliphatic heterocycles. The molecule has 2 saturated heterocycles. The fraction of sp³-hybridized carbons (Fsp3) is 0.312. The first-order valence-electron chi connectivity index (χ1n) is 13.6. The molecule has 2 heterocycles. The van der Waals surface area contributed by atoms with Crippen molar-refractivity contribution in [2.75, 3.05) is 26.4 Å². The van der Waals surface area contributed by atoms with E-state index in [4.69, 9.17) is 28.4 Å². The van der Waals surface area contributed by atoms with Crippen LogP contribution in [-0.2, 0) is 9.47 Å². The molecule has 0 aromatic heterocycles. The normalized spacial score (nSPS) is 16.4. The van der Waals surface area contributed by atoms with Crippen molar-refractivity contribution in [1.82, 2.24) is 0 Å². The van der Waals surface area contributed by atoms with Crippen LogP contribution in [0.5, 0.6) is 23.0 Å². The summed E-state index contributed by atoms with van der Waals surface area (Å²) in [5.41, 5.74) is 0.0131. The lowest BCUT2D eigenvalue weighted by Gasteiger charge is -2.12. The van der Waals surface area contributed by atoms with E-state index in [0.717, 1.165) is 38.9 Å². The summed E-state index contributed by atoms with van der Waals surface area (Å²) < 4.78 is 32.5. The Kier molecular flexibility index (Phi) is 9.30. The van der Waals surface area contributed by atoms with Gasteiger partial charge in [0.15, 0.2) is 11.5 Å². The molecular formula is C32H28N2O8. The molecule has 0 N–H and O–H groups in total. The highest BCUT2D eigenvalue weighted by Crippen LogP contribution is 2.31. The zero-order valence-corrected chi connectivity index (χ0v) is 22.7. The van der Waals surface area contributed by atoms with Crippen molar-refractivity contribution in [1.29, 1.82) is 10.5 Å². The third kappa shape index (κ3) is 7.85. The maximum absolute atomic E-state index is 12.8. The van der Waals surface area contributed by atoms with E-state index in [1.165, 1.54) is 12.1 Å². The maximum Gasteiger partial charge on any atom is 0.343 e. The van der Waals surface area contributed by atoms with Gasteiger partial charge in [0, 0.05) is 0 Å². The molecule has 0 amide bonds. The van der Waals surface area contributed by atoms with E-state index in [2.05, 4.69) is 0 Å². The highest BCUT2D eigenvalue weighted by Gasteiger charge is 2.23. The van der Waals surface area contributed by atoms with Crippen LogP contribution in [0.2, 0.25) is 0 Å². The monoisotopic (exact) mass is 568 g/mol. The van der Waals surface area contributed by atoms with Crippen LogP contribution in [0.1, 0.15) is 57.5 Å². The average molecular weight is 569 g/mol. The highest BCUT2D eigenvalue weighted by molar-refractivity contribution is 5.93. The summed E-state index contributed by atoms with van der Waals surface area (Å²) in [4.78, 5) is 25.5. The van der Waals surface area contributed by atoms with E-state index in [0.29, 0.717) is 36.9 Å². The number of hydrogen-bond donors (Lipinski definition) is 0. The molecule has 2 fully saturated rings. The molecule has 214 valence electrons. The van der Waals surface area contributed by atoms with Gasteiger partial charge in [-0.2, -0.15) is 10.5 Å². The molecule has 0 aliphatic carbocycles. The summed E-state index contributed by atoms with van der Waals surface area (Å²) >= 11 is 0. The quantitative estimate of drug-likeness (QED) is 0.113. The molecule has 0 spiro atoms. The largest absolute Gasteiger partial charge is 0.494 e. The Morgan fingerprint density at radius 2 is 1.05 bits per heavy atom. The molecule has 3 aromatic rings. The van der Waals surface area contributed by atoms with Crippen LogP contribution in [0.25, 0.3) is 0 Å². The number of hydrogen-bond acceptors (Lipinski definition) is 10. The Bertz CT molecular complexity index is 1380. The zero-order chi connectivity index (χ0) is 29.3. The van der Waals surface area contributed by atoms with Gasteiger partial charge in [0.25, 0.3) is 0 Å². The van der Waals surface area contributed by atoms with Crippen LogP contribution in [0, 0.1) is 22.7 Å². The Labute approximate surface area is 242 Å². The van der Waals surface area contributed by atoms with Crippen LogP contribution >= 0.6 is 0 Å². The first kappa shape index (κ1) is 28.6. The van der Waals surface area contributed by atoms with Crippen molar-refractivity contribution in [3.8, 4) is 35.1 Å². The number of benzene rings is 3. The number of epoxide rings is 2. The van der Waals surface area contributed by atoms with Gasteiger partial charge in [-0.05, 0) is 86.3 Å². The molecule has 10 nitrogen and oxygen atoms in total. The molecule has 2 aliphatic rings. The SMILES string of the molecule is N#Cc1c(OC(=O)c2ccc(OCCCC3CO3)cc2)ccc(OC(=O)c2ccc(OCCCC3CO3)cc2)c1C#N. The number of carbonyl (C=O) groups is 2. The summed E-state index contributed by atoms with van der Waals surface area (Å²) in [5.74, 6) is -0.477. The number of rotatable bonds is 14. The average Bonchev–Trinajstić information content (AvgIpc) is 3.95. The minimum atomic E-state index is -0.722. The smallest absolute Gasteiger partial charge is 0.343 e. The van der Waals surface area contributed by atoms with Gasteiger partial charge < -0.3 is 28.4 Å². The fourth-order valence-corrected chi connectivity index (χ4v) is 4.12. The van der Waals surface area contributed by atoms with Crippen LogP contribution in [-0.4, -0.2) is 50.6 Å². The van der Waals surface area contributed by atoms with Crippen molar-refractivity contribution in [3.63, 3.8) is 0 Å². The summed E-state index contributed by atoms with van der Waals surface area (Å²) in [6.07, 6.45) is 4.36. The number of carbonyl (C=O) groups excluding carboxylic acids is 2. The minimum Gasteiger partial charge on any atom is -0.494 e. The molecule has 0 saturated carbocycles. The number of nitriles is 2. The van der Waals surface area contributed by atoms with E-state index in [9.17, 15) is 20.1 Å². The van der Waals surface area contributed by atoms with Gasteiger partial charge in [-0.25, -0.2) is 9.59 Å². The molecule has 2 unspecified atom stereocenters. The Hall–Kier alpha value is -4.90. The molecular weight excluding hydrogens is 540 g/mol. The lowest BCUT2D eigenvalue weighted by molar-refractivity contribution is 0.0718. The summed E-state index contributed by atoms with van der Waals surface area (Å²) in [7, 11) is 0. The molecule has 0 radical (unpaired) electrons. The maximum atomic E-state index is 12.8. The molecule has 0 bridgehead atoms. The Morgan fingerprint density at radius 3 is 1.38 bits per heavy atom. The van der Waals surface area contributed by atoms with Gasteiger partial charge in [0.2, 0.25) is 0 Å². The summed E-state index contributed by atoms with van der Waals surface area (Å²) in [6, 6.07) is 19.2. The molecule has 3 aromatic carbocycles. The van der Waals surface area contributed by atoms with E-state index in [1.54, 1.807) is 48.5 Å². The third-order valence-corrected chi connectivity index (χ3v) is 6.62. The van der Waals surface area contributed by atoms with E-state index < -0.39 is 11.9 Å². The third-order valence-electron chi connectivity index (χ3n) is 6.62. The zero-order valence-electron chi connectivity index (χ0n) is 22.7. The van der Waals surface area contributed by atoms with E-state index >= 15 is 0 Å². The van der Waals surface area contributed by atoms with Crippen molar-refractivity contribution < 1.29 is 38.0 Å².